The SMILES string of the molecule is COC(=O)[C@@H]1CN(C(=O)[C@H]2CCCN2S(=O)(=O)c2ccccc2)C(O)=N1.COC(=O)[C@@H]1CN(C(=O)[C@H]2CCCN2S(=O)(=O)c2ccccc2)C(O)=N1.COC(=O)[C@@H]1CN(C(=O)[C@H]2CCCN2S(=O)(=O)c2ccccc2)C(O)=N1.COC(=O)[C@@H]1CN(C(=O)[C@H]2CCCN2S(=O)(=O)c2ccccc2)C(O)=N1.[Rh].[Rh]. The molecule has 8 heterocycles. The second-order valence-corrected chi connectivity index (χ2v) is 31.6. The van der Waals surface area contributed by atoms with Crippen molar-refractivity contribution in [2.75, 3.05) is 80.8 Å². The molecule has 0 unspecified atom stereocenters. The summed E-state index contributed by atoms with van der Waals surface area (Å²) < 4.78 is 126. The van der Waals surface area contributed by atoms with E-state index in [1.807, 2.05) is 0 Å². The van der Waals surface area contributed by atoms with E-state index in [-0.39, 0.29) is 111 Å². The monoisotopic (exact) mass is 1730 g/mol. The Labute approximate surface area is 636 Å². The van der Waals surface area contributed by atoms with Crippen LogP contribution in [-0.4, -0.2) is 292 Å². The topological polar surface area (TPSA) is 466 Å². The van der Waals surface area contributed by atoms with Crippen molar-refractivity contribution in [1.29, 1.82) is 0 Å². The predicted molar refractivity (Wildman–Crippen MR) is 364 cm³/mol. The van der Waals surface area contributed by atoms with Gasteiger partial charge in [-0.3, -0.25) is 38.8 Å². The number of esters is 4. The second-order valence-electron chi connectivity index (χ2n) is 24.0. The summed E-state index contributed by atoms with van der Waals surface area (Å²) in [6.45, 7) is 0.138. The van der Waals surface area contributed by atoms with Gasteiger partial charge in [-0.15, -0.1) is 0 Å². The van der Waals surface area contributed by atoms with E-state index in [9.17, 15) is 92.5 Å². The molecule has 8 aliphatic rings. The van der Waals surface area contributed by atoms with Crippen molar-refractivity contribution in [2.24, 2.45) is 20.0 Å². The van der Waals surface area contributed by atoms with Crippen LogP contribution in [0.1, 0.15) is 51.4 Å². The first-order valence-corrected chi connectivity index (χ1v) is 38.1. The number of amides is 4. The van der Waals surface area contributed by atoms with E-state index in [0.717, 1.165) is 36.8 Å². The molecule has 4 saturated heterocycles. The Morgan fingerprint density at radius 1 is 0.321 bits per heavy atom. The number of carbonyl (C=O) groups is 8. The van der Waals surface area contributed by atoms with Crippen LogP contribution in [0, 0.1) is 0 Å². The summed E-state index contributed by atoms with van der Waals surface area (Å²) in [7, 11) is -10.6. The number of ether oxygens (including phenoxy) is 4. The number of aliphatic imine (C=N–C) groups is 4. The van der Waals surface area contributed by atoms with Crippen LogP contribution < -0.4 is 0 Å². The molecule has 12 rings (SSSR count). The zero-order chi connectivity index (χ0) is 75.6. The molecule has 4 aromatic rings. The molecule has 0 saturated carbocycles. The summed E-state index contributed by atoms with van der Waals surface area (Å²) in [6, 6.07) is 21.2. The maximum atomic E-state index is 12.9. The quantitative estimate of drug-likeness (QED) is 0.0676. The first-order chi connectivity index (χ1) is 49.4. The zero-order valence-electron chi connectivity index (χ0n) is 57.1. The van der Waals surface area contributed by atoms with Gasteiger partial charge < -0.3 is 39.4 Å². The second kappa shape index (κ2) is 36.3. The first-order valence-electron chi connectivity index (χ1n) is 32.4. The number of sulfonamides is 4. The van der Waals surface area contributed by atoms with Crippen molar-refractivity contribution >= 4 is 112 Å². The Hall–Kier alpha value is -8.59. The molecule has 0 aromatic heterocycles. The molecule has 578 valence electrons. The van der Waals surface area contributed by atoms with E-state index < -0.39 is 160 Å². The molecule has 4 amide bonds. The van der Waals surface area contributed by atoms with Crippen LogP contribution in [0.25, 0.3) is 0 Å². The van der Waals surface area contributed by atoms with E-state index in [4.69, 9.17) is 0 Å². The van der Waals surface area contributed by atoms with Crippen molar-refractivity contribution in [2.45, 2.75) is 119 Å². The number of amidine groups is 4. The number of rotatable bonds is 16. The van der Waals surface area contributed by atoms with Gasteiger partial charge in [0, 0.05) is 65.1 Å². The average Bonchev–Trinajstić information content (AvgIpc) is 1.58. The Morgan fingerprint density at radius 3 is 0.651 bits per heavy atom. The van der Waals surface area contributed by atoms with Gasteiger partial charge in [0.2, 0.25) is 63.7 Å². The largest absolute Gasteiger partial charge is 0.480 e. The minimum atomic E-state index is -3.84. The molecular weight excluding hydrogens is 1650 g/mol. The number of aliphatic hydroxyl groups excluding tert-OH is 4. The molecule has 4 fully saturated rings. The van der Waals surface area contributed by atoms with Crippen molar-refractivity contribution in [3.05, 3.63) is 121 Å². The molecular formula is C64H76N12O24Rh2S4. The summed E-state index contributed by atoms with van der Waals surface area (Å²) in [6.07, 6.45) is 3.41. The van der Waals surface area contributed by atoms with Crippen LogP contribution in [0.4, 0.5) is 0 Å². The zero-order valence-corrected chi connectivity index (χ0v) is 63.6. The van der Waals surface area contributed by atoms with Crippen LogP contribution in [0.3, 0.4) is 0 Å². The van der Waals surface area contributed by atoms with E-state index in [1.165, 1.54) is 77.0 Å². The fraction of sp³-hybridized carbons (Fsp3) is 0.438. The van der Waals surface area contributed by atoms with Gasteiger partial charge in [-0.2, -0.15) is 17.2 Å². The standard InChI is InChI=1S/4C16H19N3O6S.2Rh/c4*1-25-15(21)12-10-18(16(22)17-12)14(20)13-8-5-9-19(13)26(23,24)11-6-3-2-4-7-11;;/h4*2-4,6-7,12-13H,5,8-10H2,1H3,(H,17,22);;/t4*12-,13+;;/m0000../s1. The number of nitrogens with zero attached hydrogens (tertiary/aromatic N) is 12. The minimum Gasteiger partial charge on any atom is -0.480 e. The molecule has 0 aliphatic carbocycles. The average molecular weight is 1730 g/mol. The fourth-order valence-electron chi connectivity index (χ4n) is 12.6. The van der Waals surface area contributed by atoms with Crippen LogP contribution in [-0.2, 0) is 136 Å². The molecule has 0 spiro atoms. The van der Waals surface area contributed by atoms with Crippen molar-refractivity contribution < 1.29 is 150 Å². The number of aliphatic hydroxyl groups is 4. The summed E-state index contributed by atoms with van der Waals surface area (Å²) in [4.78, 5) is 117. The normalized spacial score (nSPS) is 23.3. The van der Waals surface area contributed by atoms with Crippen LogP contribution in [0.15, 0.2) is 161 Å². The van der Waals surface area contributed by atoms with E-state index in [2.05, 4.69) is 38.9 Å². The molecule has 2 radical (unpaired) electrons. The number of benzene rings is 4. The van der Waals surface area contributed by atoms with Crippen LogP contribution in [0.2, 0.25) is 0 Å². The number of carbonyl (C=O) groups excluding carboxylic acids is 8. The Balaban J connectivity index is 0.000000196. The molecule has 42 heteroatoms. The molecule has 4 N–H and O–H groups in total. The van der Waals surface area contributed by atoms with Crippen molar-refractivity contribution in [1.82, 2.24) is 36.8 Å². The molecule has 8 aliphatic heterocycles. The third-order valence-electron chi connectivity index (χ3n) is 17.8. The van der Waals surface area contributed by atoms with Crippen molar-refractivity contribution in [3.63, 3.8) is 0 Å². The molecule has 8 atom stereocenters. The molecule has 0 bridgehead atoms. The van der Waals surface area contributed by atoms with Crippen molar-refractivity contribution in [3.8, 4) is 0 Å². The van der Waals surface area contributed by atoms with Crippen LogP contribution >= 0.6 is 0 Å². The summed E-state index contributed by atoms with van der Waals surface area (Å²) >= 11 is 0. The molecule has 36 nitrogen and oxygen atoms in total. The minimum absolute atomic E-state index is 0. The smallest absolute Gasteiger partial charge is 0.332 e. The van der Waals surface area contributed by atoms with Gasteiger partial charge in [0.15, 0.2) is 24.2 Å². The summed E-state index contributed by atoms with van der Waals surface area (Å²) in [5, 5.41) is 39.7. The maximum absolute atomic E-state index is 12.9. The fourth-order valence-corrected chi connectivity index (χ4v) is 19.2. The first kappa shape index (κ1) is 84.7. The van der Waals surface area contributed by atoms with E-state index in [1.54, 1.807) is 72.8 Å². The van der Waals surface area contributed by atoms with Gasteiger partial charge in [0.05, 0.1) is 74.2 Å². The third-order valence-corrected chi connectivity index (χ3v) is 25.5. The van der Waals surface area contributed by atoms with Gasteiger partial charge in [-0.05, 0) is 99.9 Å². The van der Waals surface area contributed by atoms with Gasteiger partial charge >= 0.3 is 23.9 Å². The van der Waals surface area contributed by atoms with E-state index in [0.29, 0.717) is 51.4 Å². The Morgan fingerprint density at radius 2 is 0.491 bits per heavy atom. The Bertz CT molecular complexity index is 3940. The predicted octanol–water partition coefficient (Wildman–Crippen LogP) is 0.545. The van der Waals surface area contributed by atoms with Gasteiger partial charge in [-0.25, -0.2) is 72.8 Å². The Kier molecular flexibility index (Phi) is 29.0. The summed E-state index contributed by atoms with van der Waals surface area (Å²) in [5.41, 5.74) is 0. The van der Waals surface area contributed by atoms with Gasteiger partial charge in [-0.1, -0.05) is 72.8 Å². The molecule has 106 heavy (non-hydrogen) atoms. The summed E-state index contributed by atoms with van der Waals surface area (Å²) in [5.74, 6) is -5.10. The van der Waals surface area contributed by atoms with Crippen LogP contribution in [0.5, 0.6) is 0 Å². The third kappa shape index (κ3) is 18.3. The van der Waals surface area contributed by atoms with E-state index >= 15 is 0 Å². The van der Waals surface area contributed by atoms with Gasteiger partial charge in [0.25, 0.3) is 24.1 Å². The maximum Gasteiger partial charge on any atom is 0.332 e. The number of hydrogen-bond donors (Lipinski definition) is 4. The number of hydrogen-bond acceptors (Lipinski definition) is 24. The number of methoxy groups -OCH3 is 4. The molecule has 4 aromatic carbocycles. The van der Waals surface area contributed by atoms with Gasteiger partial charge in [0.1, 0.15) is 24.2 Å².